The molecule has 5 nitrogen and oxygen atoms in total. The van der Waals surface area contributed by atoms with Crippen LogP contribution in [0.4, 0.5) is 0 Å². The van der Waals surface area contributed by atoms with Crippen molar-refractivity contribution < 1.29 is 22.4 Å². The van der Waals surface area contributed by atoms with Crippen LogP contribution in [-0.4, -0.2) is 29.8 Å². The molecule has 2 aromatic rings. The molecule has 0 aromatic carbocycles. The molecule has 7 heteroatoms. The molecule has 2 heterocycles. The number of hydrogen-bond acceptors (Lipinski definition) is 5. The average molecular weight is 411 g/mol. The number of hydrogen-bond donors (Lipinski definition) is 0. The van der Waals surface area contributed by atoms with E-state index in [2.05, 4.69) is 26.2 Å². The Balaban J connectivity index is 1.55. The van der Waals surface area contributed by atoms with Crippen molar-refractivity contribution in [3.63, 3.8) is 0 Å². The van der Waals surface area contributed by atoms with E-state index in [1.165, 1.54) is 0 Å². The first-order valence-electron chi connectivity index (χ1n) is 9.77. The predicted molar refractivity (Wildman–Crippen MR) is 112 cm³/mol. The fourth-order valence-corrected chi connectivity index (χ4v) is 12.0. The zero-order chi connectivity index (χ0) is 19.6. The van der Waals surface area contributed by atoms with Crippen LogP contribution in [0.2, 0.25) is 38.3 Å². The molecule has 0 unspecified atom stereocenters. The molecule has 0 aliphatic carbocycles. The molecule has 0 amide bonds. The number of ether oxygens (including phenoxy) is 2. The molecule has 0 bridgehead atoms. The maximum Gasteiger partial charge on any atom is 0.173 e. The lowest BCUT2D eigenvalue weighted by molar-refractivity contribution is 0.106. The molecule has 0 fully saturated rings. The van der Waals surface area contributed by atoms with Gasteiger partial charge in [0.1, 0.15) is 24.7 Å². The monoisotopic (exact) mass is 410 g/mol. The van der Waals surface area contributed by atoms with Crippen molar-refractivity contribution in [2.75, 3.05) is 13.2 Å². The molecule has 0 N–H and O–H groups in total. The maximum absolute atomic E-state index is 6.66. The topological polar surface area (TPSA) is 54.0 Å². The van der Waals surface area contributed by atoms with Gasteiger partial charge in [0.2, 0.25) is 0 Å². The Morgan fingerprint density at radius 3 is 1.56 bits per heavy atom. The fourth-order valence-electron chi connectivity index (χ4n) is 3.18. The Kier molecular flexibility index (Phi) is 9.04. The van der Waals surface area contributed by atoms with E-state index in [0.717, 1.165) is 49.7 Å². The summed E-state index contributed by atoms with van der Waals surface area (Å²) in [6, 6.07) is 9.89. The van der Waals surface area contributed by atoms with Gasteiger partial charge in [-0.1, -0.05) is 0 Å². The highest BCUT2D eigenvalue weighted by molar-refractivity contribution is 6.84. The van der Waals surface area contributed by atoms with Gasteiger partial charge in [0, 0.05) is 13.2 Å². The Bertz CT molecular complexity index is 554. The van der Waals surface area contributed by atoms with Gasteiger partial charge >= 0.3 is 0 Å². The van der Waals surface area contributed by atoms with Crippen LogP contribution in [-0.2, 0) is 26.8 Å². The smallest absolute Gasteiger partial charge is 0.173 e. The summed E-state index contributed by atoms with van der Waals surface area (Å²) >= 11 is 0. The molecule has 0 radical (unpaired) electrons. The molecular formula is C20H34O5Si2. The van der Waals surface area contributed by atoms with E-state index in [4.69, 9.17) is 22.4 Å². The minimum atomic E-state index is -1.66. The minimum Gasteiger partial charge on any atom is -0.467 e. The van der Waals surface area contributed by atoms with Crippen LogP contribution in [0.15, 0.2) is 45.6 Å². The number of furan rings is 2. The first-order chi connectivity index (χ1) is 12.9. The summed E-state index contributed by atoms with van der Waals surface area (Å²) in [6.45, 7) is 11.9. The van der Waals surface area contributed by atoms with Gasteiger partial charge in [-0.2, -0.15) is 0 Å². The highest BCUT2D eigenvalue weighted by atomic mass is 28.4. The first-order valence-corrected chi connectivity index (χ1v) is 16.0. The number of rotatable bonds is 14. The summed E-state index contributed by atoms with van der Waals surface area (Å²) in [5.41, 5.74) is 0. The van der Waals surface area contributed by atoms with Crippen molar-refractivity contribution in [3.05, 3.63) is 48.3 Å². The van der Waals surface area contributed by atoms with E-state index in [0.29, 0.717) is 13.2 Å². The SMILES string of the molecule is C[Si](C)(CCCOCc1ccco1)O[Si](C)(C)CCCOCc1ccco1. The van der Waals surface area contributed by atoms with Crippen LogP contribution < -0.4 is 0 Å². The van der Waals surface area contributed by atoms with Gasteiger partial charge in [-0.05, 0) is 75.4 Å². The second kappa shape index (κ2) is 11.0. The largest absolute Gasteiger partial charge is 0.467 e. The third-order valence-corrected chi connectivity index (χ3v) is 11.9. The zero-order valence-corrected chi connectivity index (χ0v) is 19.2. The Morgan fingerprint density at radius 1 is 0.741 bits per heavy atom. The van der Waals surface area contributed by atoms with Gasteiger partial charge in [-0.3, -0.25) is 0 Å². The quantitative estimate of drug-likeness (QED) is 0.290. The Morgan fingerprint density at radius 2 is 1.19 bits per heavy atom. The van der Waals surface area contributed by atoms with Crippen molar-refractivity contribution in [1.82, 2.24) is 0 Å². The van der Waals surface area contributed by atoms with Crippen LogP contribution in [0.5, 0.6) is 0 Å². The summed E-state index contributed by atoms with van der Waals surface area (Å²) in [7, 11) is -3.33. The highest BCUT2D eigenvalue weighted by Crippen LogP contribution is 2.24. The molecule has 0 atom stereocenters. The molecule has 2 rings (SSSR count). The second-order valence-electron chi connectivity index (χ2n) is 8.09. The third-order valence-electron chi connectivity index (χ3n) is 4.34. The fraction of sp³-hybridized carbons (Fsp3) is 0.600. The molecule has 0 saturated heterocycles. The zero-order valence-electron chi connectivity index (χ0n) is 17.2. The van der Waals surface area contributed by atoms with E-state index in [1.54, 1.807) is 12.5 Å². The van der Waals surface area contributed by atoms with Crippen LogP contribution in [0, 0.1) is 0 Å². The van der Waals surface area contributed by atoms with Crippen LogP contribution >= 0.6 is 0 Å². The highest BCUT2D eigenvalue weighted by Gasteiger charge is 2.32. The molecular weight excluding hydrogens is 376 g/mol. The minimum absolute atomic E-state index is 0.550. The van der Waals surface area contributed by atoms with E-state index < -0.39 is 16.6 Å². The Hall–Kier alpha value is -1.13. The van der Waals surface area contributed by atoms with Crippen molar-refractivity contribution in [2.45, 2.75) is 64.3 Å². The molecule has 0 saturated carbocycles. The van der Waals surface area contributed by atoms with Gasteiger partial charge in [0.05, 0.1) is 12.5 Å². The summed E-state index contributed by atoms with van der Waals surface area (Å²) in [5, 5.41) is 0. The maximum atomic E-state index is 6.66. The van der Waals surface area contributed by atoms with Gasteiger partial charge in [0.25, 0.3) is 0 Å². The molecule has 27 heavy (non-hydrogen) atoms. The van der Waals surface area contributed by atoms with Gasteiger partial charge in [-0.25, -0.2) is 0 Å². The molecule has 0 spiro atoms. The molecule has 152 valence electrons. The molecule has 0 aliphatic heterocycles. The predicted octanol–water partition coefficient (Wildman–Crippen LogP) is 5.81. The van der Waals surface area contributed by atoms with E-state index >= 15 is 0 Å². The lowest BCUT2D eigenvalue weighted by Gasteiger charge is -2.34. The first kappa shape index (κ1) is 22.2. The van der Waals surface area contributed by atoms with E-state index in [9.17, 15) is 0 Å². The summed E-state index contributed by atoms with van der Waals surface area (Å²) < 4.78 is 28.6. The van der Waals surface area contributed by atoms with Gasteiger partial charge < -0.3 is 22.4 Å². The lowest BCUT2D eigenvalue weighted by Crippen LogP contribution is -2.44. The van der Waals surface area contributed by atoms with E-state index in [1.807, 2.05) is 24.3 Å². The van der Waals surface area contributed by atoms with Crippen LogP contribution in [0.3, 0.4) is 0 Å². The molecule has 0 aliphatic rings. The Labute approximate surface area is 165 Å². The van der Waals surface area contributed by atoms with Crippen LogP contribution in [0.25, 0.3) is 0 Å². The average Bonchev–Trinajstić information content (AvgIpc) is 3.26. The summed E-state index contributed by atoms with van der Waals surface area (Å²) in [6.07, 6.45) is 5.43. The second-order valence-corrected chi connectivity index (χ2v) is 16.9. The lowest BCUT2D eigenvalue weighted by atomic mass is 10.5. The van der Waals surface area contributed by atoms with E-state index in [-0.39, 0.29) is 0 Å². The van der Waals surface area contributed by atoms with Crippen molar-refractivity contribution in [3.8, 4) is 0 Å². The summed E-state index contributed by atoms with van der Waals surface area (Å²) in [5.74, 6) is 1.76. The summed E-state index contributed by atoms with van der Waals surface area (Å²) in [4.78, 5) is 0. The van der Waals surface area contributed by atoms with Crippen molar-refractivity contribution in [2.24, 2.45) is 0 Å². The third kappa shape index (κ3) is 9.57. The standard InChI is InChI=1S/C20H34O5Si2/c1-26(2,15-7-11-21-17-19-9-5-13-23-19)25-27(3,4)16-8-12-22-18-20-10-6-14-24-20/h5-6,9-10,13-14H,7-8,11-12,15-18H2,1-4H3. The normalized spacial score (nSPS) is 12.6. The van der Waals surface area contributed by atoms with Crippen molar-refractivity contribution in [1.29, 1.82) is 0 Å². The van der Waals surface area contributed by atoms with Gasteiger partial charge in [-0.15, -0.1) is 0 Å². The van der Waals surface area contributed by atoms with Crippen molar-refractivity contribution >= 4 is 16.6 Å². The van der Waals surface area contributed by atoms with Crippen LogP contribution in [0.1, 0.15) is 24.4 Å². The molecule has 2 aromatic heterocycles. The van der Waals surface area contributed by atoms with Gasteiger partial charge in [0.15, 0.2) is 16.6 Å².